The molecule has 0 spiro atoms. The fraction of sp³-hybridized carbons (Fsp3) is 0.250. The second kappa shape index (κ2) is 9.90. The van der Waals surface area contributed by atoms with E-state index in [0.717, 1.165) is 23.1 Å². The summed E-state index contributed by atoms with van der Waals surface area (Å²) in [6.45, 7) is 3.89. The third-order valence-electron chi connectivity index (χ3n) is 7.80. The maximum absolute atomic E-state index is 14.1. The molecule has 0 saturated carbocycles. The third-order valence-corrected chi connectivity index (χ3v) is 10.2. The number of aliphatic hydroxyl groups is 1. The summed E-state index contributed by atoms with van der Waals surface area (Å²) in [5.41, 5.74) is 2.93. The molecule has 0 unspecified atom stereocenters. The highest BCUT2D eigenvalue weighted by molar-refractivity contribution is 7.92. The predicted molar refractivity (Wildman–Crippen MR) is 148 cm³/mol. The standard InChI is InChI=1S/C32H33NO3S/c1-25-15-12-13-22-29(25)37(35,36)31(2,34)30-23-14-24-33(30)32(26-16-6-3-7-17-26,27-18-8-4-9-19-27)28-20-10-5-11-21-28/h3-13,15-22,30,34H,14,23-24H2,1-2H3/t30-,31-/m1/s1. The zero-order valence-corrected chi connectivity index (χ0v) is 22.1. The van der Waals surface area contributed by atoms with Crippen molar-refractivity contribution >= 4 is 9.84 Å². The van der Waals surface area contributed by atoms with Crippen LogP contribution < -0.4 is 0 Å². The molecule has 4 nitrogen and oxygen atoms in total. The van der Waals surface area contributed by atoms with Gasteiger partial charge in [0.2, 0.25) is 9.84 Å². The number of likely N-dealkylation sites (tertiary alicyclic amines) is 1. The molecule has 1 fully saturated rings. The summed E-state index contributed by atoms with van der Waals surface area (Å²) in [5.74, 6) is 0. The summed E-state index contributed by atoms with van der Waals surface area (Å²) in [4.78, 5) is 0.388. The van der Waals surface area contributed by atoms with Crippen molar-refractivity contribution < 1.29 is 13.5 Å². The van der Waals surface area contributed by atoms with Crippen molar-refractivity contribution in [2.75, 3.05) is 6.54 Å². The van der Waals surface area contributed by atoms with Crippen LogP contribution in [0.4, 0.5) is 0 Å². The fourth-order valence-corrected chi connectivity index (χ4v) is 7.82. The molecular weight excluding hydrogens is 478 g/mol. The molecular formula is C32H33NO3S. The number of rotatable bonds is 7. The monoisotopic (exact) mass is 511 g/mol. The van der Waals surface area contributed by atoms with E-state index >= 15 is 0 Å². The number of aryl methyl sites for hydroxylation is 1. The molecule has 1 heterocycles. The summed E-state index contributed by atoms with van der Waals surface area (Å²) in [6, 6.07) is 36.9. The minimum Gasteiger partial charge on any atom is -0.373 e. The van der Waals surface area contributed by atoms with Crippen molar-refractivity contribution in [3.05, 3.63) is 138 Å². The summed E-state index contributed by atoms with van der Waals surface area (Å²) >= 11 is 0. The molecule has 5 rings (SSSR count). The maximum atomic E-state index is 14.1. The number of hydrogen-bond donors (Lipinski definition) is 1. The van der Waals surface area contributed by atoms with E-state index < -0.39 is 26.4 Å². The SMILES string of the molecule is Cc1ccccc1S(=O)(=O)[C@@](C)(O)[C@H]1CCCN1C(c1ccccc1)(c1ccccc1)c1ccccc1. The number of nitrogens with zero attached hydrogens (tertiary/aromatic N) is 1. The molecule has 1 aliphatic heterocycles. The first-order valence-corrected chi connectivity index (χ1v) is 14.3. The molecule has 0 bridgehead atoms. The molecule has 4 aromatic rings. The van der Waals surface area contributed by atoms with Crippen LogP contribution in [0.25, 0.3) is 0 Å². The minimum atomic E-state index is -4.08. The highest BCUT2D eigenvalue weighted by Gasteiger charge is 2.56. The molecule has 2 atom stereocenters. The van der Waals surface area contributed by atoms with Crippen LogP contribution in [0.2, 0.25) is 0 Å². The Morgan fingerprint density at radius 2 is 1.16 bits per heavy atom. The average molecular weight is 512 g/mol. The van der Waals surface area contributed by atoms with Gasteiger partial charge in [-0.25, -0.2) is 8.42 Å². The van der Waals surface area contributed by atoms with Crippen molar-refractivity contribution in [2.24, 2.45) is 0 Å². The van der Waals surface area contributed by atoms with Gasteiger partial charge in [-0.2, -0.15) is 0 Å². The molecule has 0 amide bonds. The van der Waals surface area contributed by atoms with Gasteiger partial charge in [-0.05, 0) is 55.0 Å². The normalized spacial score (nSPS) is 18.4. The number of hydrogen-bond acceptors (Lipinski definition) is 4. The highest BCUT2D eigenvalue weighted by atomic mass is 32.2. The molecule has 37 heavy (non-hydrogen) atoms. The molecule has 190 valence electrons. The summed E-state index contributed by atoms with van der Waals surface area (Å²) < 4.78 is 28.1. The van der Waals surface area contributed by atoms with Gasteiger partial charge in [0.05, 0.1) is 16.5 Å². The van der Waals surface area contributed by atoms with Crippen LogP contribution in [-0.2, 0) is 15.4 Å². The lowest BCUT2D eigenvalue weighted by Gasteiger charge is -2.49. The summed E-state index contributed by atoms with van der Waals surface area (Å²) in [6.07, 6.45) is 1.34. The van der Waals surface area contributed by atoms with Crippen molar-refractivity contribution in [3.63, 3.8) is 0 Å². The van der Waals surface area contributed by atoms with Crippen LogP contribution in [0.1, 0.15) is 42.0 Å². The topological polar surface area (TPSA) is 57.6 Å². The van der Waals surface area contributed by atoms with Crippen LogP contribution in [-0.4, -0.2) is 35.9 Å². The quantitative estimate of drug-likeness (QED) is 0.312. The van der Waals surface area contributed by atoms with Crippen molar-refractivity contribution in [3.8, 4) is 0 Å². The van der Waals surface area contributed by atoms with E-state index in [-0.39, 0.29) is 4.90 Å². The largest absolute Gasteiger partial charge is 0.373 e. The van der Waals surface area contributed by atoms with E-state index in [9.17, 15) is 13.5 Å². The van der Waals surface area contributed by atoms with E-state index in [1.165, 1.54) is 6.92 Å². The lowest BCUT2D eigenvalue weighted by atomic mass is 9.75. The first kappa shape index (κ1) is 25.4. The van der Waals surface area contributed by atoms with Gasteiger partial charge in [-0.3, -0.25) is 4.90 Å². The van der Waals surface area contributed by atoms with Crippen molar-refractivity contribution in [1.29, 1.82) is 0 Å². The van der Waals surface area contributed by atoms with Gasteiger partial charge >= 0.3 is 0 Å². The van der Waals surface area contributed by atoms with E-state index in [1.807, 2.05) is 60.7 Å². The van der Waals surface area contributed by atoms with E-state index in [2.05, 4.69) is 41.3 Å². The molecule has 0 aliphatic carbocycles. The number of benzene rings is 4. The highest BCUT2D eigenvalue weighted by Crippen LogP contribution is 2.49. The molecule has 4 aromatic carbocycles. The van der Waals surface area contributed by atoms with E-state index in [0.29, 0.717) is 18.5 Å². The molecule has 5 heteroatoms. The van der Waals surface area contributed by atoms with Crippen LogP contribution >= 0.6 is 0 Å². The van der Waals surface area contributed by atoms with E-state index in [4.69, 9.17) is 0 Å². The molecule has 0 aromatic heterocycles. The second-order valence-electron chi connectivity index (χ2n) is 9.98. The Bertz CT molecular complexity index is 1360. The summed E-state index contributed by atoms with van der Waals surface area (Å²) in [7, 11) is -4.08. The van der Waals surface area contributed by atoms with Gasteiger partial charge in [-0.15, -0.1) is 0 Å². The lowest BCUT2D eigenvalue weighted by molar-refractivity contribution is 0.0148. The zero-order chi connectivity index (χ0) is 26.1. The fourth-order valence-electron chi connectivity index (χ4n) is 6.02. The number of sulfone groups is 1. The van der Waals surface area contributed by atoms with Gasteiger partial charge in [0.1, 0.15) is 0 Å². The third kappa shape index (κ3) is 4.11. The Kier molecular flexibility index (Phi) is 6.80. The second-order valence-corrected chi connectivity index (χ2v) is 12.3. The maximum Gasteiger partial charge on any atom is 0.209 e. The van der Waals surface area contributed by atoms with Crippen LogP contribution in [0.15, 0.2) is 120 Å². The van der Waals surface area contributed by atoms with Crippen LogP contribution in [0.3, 0.4) is 0 Å². The Morgan fingerprint density at radius 3 is 1.62 bits per heavy atom. The van der Waals surface area contributed by atoms with Gasteiger partial charge < -0.3 is 5.11 Å². The first-order chi connectivity index (χ1) is 17.8. The average Bonchev–Trinajstić information content (AvgIpc) is 3.42. The van der Waals surface area contributed by atoms with Crippen molar-refractivity contribution in [1.82, 2.24) is 4.90 Å². The van der Waals surface area contributed by atoms with Gasteiger partial charge in [-0.1, -0.05) is 109 Å². The van der Waals surface area contributed by atoms with Gasteiger partial charge in [0, 0.05) is 6.54 Å². The van der Waals surface area contributed by atoms with Gasteiger partial charge in [0.25, 0.3) is 0 Å². The Morgan fingerprint density at radius 1 is 0.730 bits per heavy atom. The van der Waals surface area contributed by atoms with E-state index in [1.54, 1.807) is 25.1 Å². The Labute approximate surface area is 220 Å². The van der Waals surface area contributed by atoms with Crippen LogP contribution in [0, 0.1) is 6.92 Å². The van der Waals surface area contributed by atoms with Crippen LogP contribution in [0.5, 0.6) is 0 Å². The molecule has 1 aliphatic rings. The zero-order valence-electron chi connectivity index (χ0n) is 21.3. The smallest absolute Gasteiger partial charge is 0.209 e. The minimum absolute atomic E-state index is 0.177. The van der Waals surface area contributed by atoms with Gasteiger partial charge in [0.15, 0.2) is 4.93 Å². The molecule has 0 radical (unpaired) electrons. The molecule has 1 N–H and O–H groups in total. The Balaban J connectivity index is 1.77. The Hall–Kier alpha value is -3.25. The molecule has 1 saturated heterocycles. The van der Waals surface area contributed by atoms with Crippen molar-refractivity contribution in [2.45, 2.75) is 48.1 Å². The summed E-state index contributed by atoms with van der Waals surface area (Å²) in [5, 5.41) is 12.1. The first-order valence-electron chi connectivity index (χ1n) is 12.8. The predicted octanol–water partition coefficient (Wildman–Crippen LogP) is 5.93. The lowest BCUT2D eigenvalue weighted by Crippen LogP contribution is -2.59.